The number of hydrogen-bond donors (Lipinski definition) is 2. The molecule has 0 spiro atoms. The van der Waals surface area contributed by atoms with Crippen molar-refractivity contribution >= 4 is 11.8 Å². The number of non-ortho nitro benzene ring substituents is 1. The molecule has 8 nitrogen and oxygen atoms in total. The first-order valence-electron chi connectivity index (χ1n) is 7.00. The lowest BCUT2D eigenvalue weighted by molar-refractivity contribution is -0.384. The van der Waals surface area contributed by atoms with Gasteiger partial charge in [0.2, 0.25) is 0 Å². The zero-order valence-electron chi connectivity index (χ0n) is 13.1. The largest absolute Gasteiger partial charge is 0.444 e. The zero-order chi connectivity index (χ0) is 17.0. The van der Waals surface area contributed by atoms with Crippen molar-refractivity contribution in [3.8, 4) is 11.3 Å². The summed E-state index contributed by atoms with van der Waals surface area (Å²) < 4.78 is 5.13. The van der Waals surface area contributed by atoms with Gasteiger partial charge in [0, 0.05) is 17.7 Å². The molecule has 0 fully saturated rings. The number of benzene rings is 1. The fourth-order valence-electron chi connectivity index (χ4n) is 1.86. The molecule has 0 unspecified atom stereocenters. The minimum absolute atomic E-state index is 0.00512. The van der Waals surface area contributed by atoms with Gasteiger partial charge < -0.3 is 15.0 Å². The van der Waals surface area contributed by atoms with Crippen molar-refractivity contribution in [1.29, 1.82) is 0 Å². The molecule has 0 radical (unpaired) electrons. The van der Waals surface area contributed by atoms with Crippen molar-refractivity contribution < 1.29 is 14.5 Å². The van der Waals surface area contributed by atoms with Crippen LogP contribution in [-0.2, 0) is 11.3 Å². The average molecular weight is 318 g/mol. The minimum atomic E-state index is -0.568. The first-order valence-corrected chi connectivity index (χ1v) is 7.00. The lowest BCUT2D eigenvalue weighted by Gasteiger charge is -2.19. The molecular formula is C15H18N4O4. The number of carbonyl (C=O) groups is 1. The Hall–Kier alpha value is -2.90. The van der Waals surface area contributed by atoms with Crippen molar-refractivity contribution in [3.63, 3.8) is 0 Å². The van der Waals surface area contributed by atoms with Crippen molar-refractivity contribution in [2.24, 2.45) is 0 Å². The maximum absolute atomic E-state index is 11.6. The molecule has 23 heavy (non-hydrogen) atoms. The van der Waals surface area contributed by atoms with E-state index < -0.39 is 16.6 Å². The van der Waals surface area contributed by atoms with Gasteiger partial charge in [-0.05, 0) is 20.8 Å². The van der Waals surface area contributed by atoms with Crippen LogP contribution in [0.3, 0.4) is 0 Å². The van der Waals surface area contributed by atoms with E-state index in [2.05, 4.69) is 15.3 Å². The van der Waals surface area contributed by atoms with Gasteiger partial charge in [0.15, 0.2) is 0 Å². The molecule has 0 aliphatic rings. The van der Waals surface area contributed by atoms with Crippen LogP contribution in [0, 0.1) is 10.1 Å². The number of rotatable bonds is 4. The third-order valence-electron chi connectivity index (χ3n) is 2.80. The number of carbonyl (C=O) groups excluding carboxylic acids is 1. The quantitative estimate of drug-likeness (QED) is 0.665. The Labute approximate surface area is 133 Å². The zero-order valence-corrected chi connectivity index (χ0v) is 13.1. The van der Waals surface area contributed by atoms with E-state index in [1.807, 2.05) is 0 Å². The maximum atomic E-state index is 11.6. The lowest BCUT2D eigenvalue weighted by Crippen LogP contribution is -2.32. The molecule has 2 aromatic rings. The van der Waals surface area contributed by atoms with Gasteiger partial charge in [-0.2, -0.15) is 0 Å². The number of ether oxygens (including phenoxy) is 1. The predicted molar refractivity (Wildman–Crippen MR) is 83.8 cm³/mol. The van der Waals surface area contributed by atoms with Gasteiger partial charge in [0.25, 0.3) is 5.69 Å². The number of nitro groups is 1. The van der Waals surface area contributed by atoms with Crippen LogP contribution in [0.2, 0.25) is 0 Å². The number of nitrogens with one attached hydrogen (secondary N) is 2. The molecule has 1 heterocycles. The van der Waals surface area contributed by atoms with E-state index in [0.29, 0.717) is 17.1 Å². The normalized spacial score (nSPS) is 11.1. The van der Waals surface area contributed by atoms with E-state index in [9.17, 15) is 14.9 Å². The fraction of sp³-hybridized carbons (Fsp3) is 0.333. The number of hydrogen-bond acceptors (Lipinski definition) is 5. The van der Waals surface area contributed by atoms with Crippen LogP contribution < -0.4 is 5.32 Å². The number of aromatic amines is 1. The highest BCUT2D eigenvalue weighted by atomic mass is 16.6. The molecule has 0 aliphatic heterocycles. The third kappa shape index (κ3) is 4.80. The van der Waals surface area contributed by atoms with Gasteiger partial charge in [0.05, 0.1) is 23.4 Å². The molecule has 0 bridgehead atoms. The summed E-state index contributed by atoms with van der Waals surface area (Å²) in [5.74, 6) is 0.525. The summed E-state index contributed by atoms with van der Waals surface area (Å²) in [6.45, 7) is 5.50. The summed E-state index contributed by atoms with van der Waals surface area (Å²) in [7, 11) is 0. The Morgan fingerprint density at radius 1 is 1.43 bits per heavy atom. The third-order valence-corrected chi connectivity index (χ3v) is 2.80. The molecule has 2 N–H and O–H groups in total. The molecular weight excluding hydrogens is 300 g/mol. The van der Waals surface area contributed by atoms with Crippen LogP contribution in [0.4, 0.5) is 10.5 Å². The lowest BCUT2D eigenvalue weighted by atomic mass is 10.1. The summed E-state index contributed by atoms with van der Waals surface area (Å²) in [6.07, 6.45) is 1.02. The molecule has 0 saturated carbocycles. The number of amides is 1. The van der Waals surface area contributed by atoms with Crippen molar-refractivity contribution in [3.05, 3.63) is 46.4 Å². The van der Waals surface area contributed by atoms with Crippen molar-refractivity contribution in [2.75, 3.05) is 0 Å². The van der Waals surface area contributed by atoms with Crippen LogP contribution in [0.1, 0.15) is 26.6 Å². The van der Waals surface area contributed by atoms with Crippen LogP contribution in [0.15, 0.2) is 30.5 Å². The number of alkyl carbamates (subject to hydrolysis) is 1. The summed E-state index contributed by atoms with van der Waals surface area (Å²) >= 11 is 0. The fourth-order valence-corrected chi connectivity index (χ4v) is 1.86. The Bertz CT molecular complexity index is 718. The van der Waals surface area contributed by atoms with E-state index in [1.54, 1.807) is 39.1 Å². The monoisotopic (exact) mass is 318 g/mol. The first-order chi connectivity index (χ1) is 10.7. The highest BCUT2D eigenvalue weighted by Gasteiger charge is 2.16. The van der Waals surface area contributed by atoms with Crippen molar-refractivity contribution in [1.82, 2.24) is 15.3 Å². The summed E-state index contributed by atoms with van der Waals surface area (Å²) in [4.78, 5) is 29.1. The van der Waals surface area contributed by atoms with E-state index in [1.165, 1.54) is 12.1 Å². The van der Waals surface area contributed by atoms with E-state index in [0.717, 1.165) is 0 Å². The van der Waals surface area contributed by atoms with Crippen molar-refractivity contribution in [2.45, 2.75) is 32.9 Å². The molecule has 2 rings (SSSR count). The molecule has 0 saturated heterocycles. The number of imidazole rings is 1. The minimum Gasteiger partial charge on any atom is -0.444 e. The first kappa shape index (κ1) is 16.5. The van der Waals surface area contributed by atoms with Gasteiger partial charge in [-0.3, -0.25) is 10.1 Å². The molecule has 1 aromatic heterocycles. The number of nitro benzene ring substituents is 1. The topological polar surface area (TPSA) is 110 Å². The summed E-state index contributed by atoms with van der Waals surface area (Å²) in [5.41, 5.74) is 0.719. The molecule has 8 heteroatoms. The van der Waals surface area contributed by atoms with E-state index in [4.69, 9.17) is 4.74 Å². The van der Waals surface area contributed by atoms with Gasteiger partial charge in [-0.15, -0.1) is 0 Å². The van der Waals surface area contributed by atoms with E-state index >= 15 is 0 Å². The smallest absolute Gasteiger partial charge is 0.408 e. The summed E-state index contributed by atoms with van der Waals surface area (Å²) in [6, 6.07) is 6.22. The Balaban J connectivity index is 2.02. The molecule has 1 amide bonds. The average Bonchev–Trinajstić information content (AvgIpc) is 2.92. The molecule has 0 aliphatic carbocycles. The van der Waals surface area contributed by atoms with Gasteiger partial charge in [-0.25, -0.2) is 9.78 Å². The van der Waals surface area contributed by atoms with Gasteiger partial charge >= 0.3 is 6.09 Å². The molecule has 0 atom stereocenters. The Morgan fingerprint density at radius 2 is 2.17 bits per heavy atom. The number of aromatic nitrogens is 2. The Morgan fingerprint density at radius 3 is 2.83 bits per heavy atom. The SMILES string of the molecule is CC(C)(C)OC(=O)NCc1ncc(-c2cccc([N+](=O)[O-])c2)[nH]1. The van der Waals surface area contributed by atoms with Crippen LogP contribution in [0.5, 0.6) is 0 Å². The highest BCUT2D eigenvalue weighted by Crippen LogP contribution is 2.22. The highest BCUT2D eigenvalue weighted by molar-refractivity contribution is 5.67. The second kappa shape index (κ2) is 6.47. The number of nitrogens with zero attached hydrogens (tertiary/aromatic N) is 2. The summed E-state index contributed by atoms with van der Waals surface area (Å²) in [5, 5.41) is 13.4. The van der Waals surface area contributed by atoms with Crippen LogP contribution in [0.25, 0.3) is 11.3 Å². The standard InChI is InChI=1S/C15H18N4O4/c1-15(2,3)23-14(20)17-9-13-16-8-12(18-13)10-5-4-6-11(7-10)19(21)22/h4-8H,9H2,1-3H3,(H,16,18)(H,17,20). The van der Waals surface area contributed by atoms with Gasteiger partial charge in [-0.1, -0.05) is 12.1 Å². The molecule has 122 valence electrons. The van der Waals surface area contributed by atoms with Gasteiger partial charge in [0.1, 0.15) is 11.4 Å². The predicted octanol–water partition coefficient (Wildman–Crippen LogP) is 3.01. The maximum Gasteiger partial charge on any atom is 0.408 e. The van der Waals surface area contributed by atoms with Crippen LogP contribution >= 0.6 is 0 Å². The second-order valence-corrected chi connectivity index (χ2v) is 5.91. The Kier molecular flexibility index (Phi) is 4.63. The van der Waals surface area contributed by atoms with Crippen LogP contribution in [-0.4, -0.2) is 26.6 Å². The van der Waals surface area contributed by atoms with E-state index in [-0.39, 0.29) is 12.2 Å². The second-order valence-electron chi connectivity index (χ2n) is 5.91. The molecule has 1 aromatic carbocycles. The number of H-pyrrole nitrogens is 1.